The van der Waals surface area contributed by atoms with Crippen LogP contribution in [-0.4, -0.2) is 14.7 Å². The van der Waals surface area contributed by atoms with E-state index in [1.807, 2.05) is 0 Å². The Hall–Kier alpha value is -0.650. The third kappa shape index (κ3) is 3.25. The van der Waals surface area contributed by atoms with Crippen LogP contribution in [0.2, 0.25) is 5.02 Å². The summed E-state index contributed by atoms with van der Waals surface area (Å²) < 4.78 is 38.8. The van der Waals surface area contributed by atoms with Gasteiger partial charge in [0.15, 0.2) is 0 Å². The van der Waals surface area contributed by atoms with Crippen molar-refractivity contribution in [2.75, 3.05) is 6.26 Å². The minimum Gasteiger partial charge on any atom is -0.265 e. The zero-order valence-electron chi connectivity index (χ0n) is 7.33. The van der Waals surface area contributed by atoms with Crippen molar-refractivity contribution < 1.29 is 17.0 Å². The Balaban J connectivity index is 2.87. The molecule has 0 aromatic heterocycles. The Morgan fingerprint density at radius 2 is 2.14 bits per heavy atom. The van der Waals surface area contributed by atoms with Gasteiger partial charge in [-0.3, -0.25) is 4.18 Å². The molecule has 0 heterocycles. The van der Waals surface area contributed by atoms with Gasteiger partial charge in [-0.25, -0.2) is 4.39 Å². The molecule has 1 rings (SSSR count). The largest absolute Gasteiger partial charge is 0.265 e. The molecule has 0 aliphatic rings. The highest BCUT2D eigenvalue weighted by Gasteiger charge is 2.10. The molecular weight excluding hydrogens is 231 g/mol. The van der Waals surface area contributed by atoms with Crippen LogP contribution in [-0.2, 0) is 20.9 Å². The molecule has 0 bridgehead atoms. The van der Waals surface area contributed by atoms with Crippen LogP contribution in [0.4, 0.5) is 4.39 Å². The molecule has 78 valence electrons. The Morgan fingerprint density at radius 3 is 2.64 bits per heavy atom. The summed E-state index contributed by atoms with van der Waals surface area (Å²) in [5.41, 5.74) is 0.0413. The van der Waals surface area contributed by atoms with E-state index in [4.69, 9.17) is 11.6 Å². The molecule has 0 amide bonds. The van der Waals surface area contributed by atoms with Crippen LogP contribution in [0.3, 0.4) is 0 Å². The molecule has 0 saturated carbocycles. The summed E-state index contributed by atoms with van der Waals surface area (Å²) in [5.74, 6) is -0.582. The molecule has 0 aliphatic heterocycles. The average Bonchev–Trinajstić information content (AvgIpc) is 2.01. The van der Waals surface area contributed by atoms with Crippen LogP contribution in [0.15, 0.2) is 18.2 Å². The Labute approximate surface area is 86.6 Å². The van der Waals surface area contributed by atoms with Gasteiger partial charge in [0.25, 0.3) is 10.1 Å². The first kappa shape index (κ1) is 11.4. The van der Waals surface area contributed by atoms with Crippen LogP contribution < -0.4 is 0 Å². The zero-order chi connectivity index (χ0) is 10.8. The fourth-order valence-corrected chi connectivity index (χ4v) is 1.39. The lowest BCUT2D eigenvalue weighted by molar-refractivity contribution is 0.306. The van der Waals surface area contributed by atoms with Crippen molar-refractivity contribution in [2.45, 2.75) is 6.61 Å². The zero-order valence-corrected chi connectivity index (χ0v) is 8.90. The van der Waals surface area contributed by atoms with E-state index < -0.39 is 15.9 Å². The lowest BCUT2D eigenvalue weighted by Gasteiger charge is -2.04. The van der Waals surface area contributed by atoms with Crippen molar-refractivity contribution in [3.8, 4) is 0 Å². The topological polar surface area (TPSA) is 43.4 Å². The second-order valence-corrected chi connectivity index (χ2v) is 4.72. The highest BCUT2D eigenvalue weighted by molar-refractivity contribution is 7.85. The quantitative estimate of drug-likeness (QED) is 0.756. The van der Waals surface area contributed by atoms with E-state index in [0.717, 1.165) is 6.26 Å². The highest BCUT2D eigenvalue weighted by Crippen LogP contribution is 2.20. The number of hydrogen-bond acceptors (Lipinski definition) is 3. The van der Waals surface area contributed by atoms with E-state index in [-0.39, 0.29) is 17.2 Å². The molecule has 1 aromatic rings. The molecule has 0 unspecified atom stereocenters. The molecule has 0 radical (unpaired) electrons. The van der Waals surface area contributed by atoms with E-state index >= 15 is 0 Å². The number of benzene rings is 1. The van der Waals surface area contributed by atoms with Crippen molar-refractivity contribution in [2.24, 2.45) is 0 Å². The van der Waals surface area contributed by atoms with Crippen LogP contribution in [0.5, 0.6) is 0 Å². The summed E-state index contributed by atoms with van der Waals surface area (Å²) in [7, 11) is -3.58. The summed E-state index contributed by atoms with van der Waals surface area (Å²) in [6.45, 7) is -0.385. The van der Waals surface area contributed by atoms with Crippen LogP contribution in [0.25, 0.3) is 0 Å². The standard InChI is InChI=1S/C8H8ClFO3S/c1-14(11,12)13-5-6-7(9)3-2-4-8(6)10/h2-4H,5H2,1H3. The molecule has 1 aromatic carbocycles. The lowest BCUT2D eigenvalue weighted by Crippen LogP contribution is -2.04. The summed E-state index contributed by atoms with van der Waals surface area (Å²) in [5, 5.41) is 0.147. The van der Waals surface area contributed by atoms with E-state index in [2.05, 4.69) is 4.18 Å². The molecule has 0 spiro atoms. The van der Waals surface area contributed by atoms with Gasteiger partial charge in [0.2, 0.25) is 0 Å². The molecule has 3 nitrogen and oxygen atoms in total. The smallest absolute Gasteiger partial charge is 0.264 e. The van der Waals surface area contributed by atoms with Gasteiger partial charge in [-0.05, 0) is 12.1 Å². The van der Waals surface area contributed by atoms with Crippen molar-refractivity contribution in [1.82, 2.24) is 0 Å². The SMILES string of the molecule is CS(=O)(=O)OCc1c(F)cccc1Cl. The molecule has 0 atom stereocenters. The number of rotatable bonds is 3. The Morgan fingerprint density at radius 1 is 1.50 bits per heavy atom. The minimum atomic E-state index is -3.58. The molecule has 0 saturated heterocycles. The predicted molar refractivity (Wildman–Crippen MR) is 51.0 cm³/mol. The first-order valence-electron chi connectivity index (χ1n) is 3.67. The molecular formula is C8H8ClFO3S. The number of hydrogen-bond donors (Lipinski definition) is 0. The van der Waals surface area contributed by atoms with Crippen LogP contribution in [0.1, 0.15) is 5.56 Å². The first-order chi connectivity index (χ1) is 6.40. The third-order valence-corrected chi connectivity index (χ3v) is 2.38. The van der Waals surface area contributed by atoms with Gasteiger partial charge in [0, 0.05) is 10.6 Å². The van der Waals surface area contributed by atoms with E-state index in [0.29, 0.717) is 0 Å². The van der Waals surface area contributed by atoms with Gasteiger partial charge in [-0.1, -0.05) is 17.7 Å². The summed E-state index contributed by atoms with van der Waals surface area (Å²) in [6.07, 6.45) is 0.891. The van der Waals surface area contributed by atoms with E-state index in [9.17, 15) is 12.8 Å². The van der Waals surface area contributed by atoms with Gasteiger partial charge in [0.1, 0.15) is 5.82 Å². The van der Waals surface area contributed by atoms with E-state index in [1.54, 1.807) is 0 Å². The summed E-state index contributed by atoms with van der Waals surface area (Å²) in [4.78, 5) is 0. The summed E-state index contributed by atoms with van der Waals surface area (Å²) >= 11 is 5.64. The summed E-state index contributed by atoms with van der Waals surface area (Å²) in [6, 6.07) is 4.08. The van der Waals surface area contributed by atoms with Crippen molar-refractivity contribution >= 4 is 21.7 Å². The second kappa shape index (κ2) is 4.25. The maximum atomic E-state index is 13.1. The highest BCUT2D eigenvalue weighted by atomic mass is 35.5. The molecule has 0 N–H and O–H groups in total. The number of halogens is 2. The van der Waals surface area contributed by atoms with Gasteiger partial charge in [0.05, 0.1) is 12.9 Å². The Kier molecular flexibility index (Phi) is 3.47. The monoisotopic (exact) mass is 238 g/mol. The van der Waals surface area contributed by atoms with Crippen molar-refractivity contribution in [3.05, 3.63) is 34.6 Å². The fourth-order valence-electron chi connectivity index (χ4n) is 0.836. The minimum absolute atomic E-state index is 0.0413. The average molecular weight is 239 g/mol. The Bertz CT molecular complexity index is 410. The van der Waals surface area contributed by atoms with Crippen LogP contribution in [0, 0.1) is 5.82 Å². The lowest BCUT2D eigenvalue weighted by atomic mass is 10.2. The van der Waals surface area contributed by atoms with Crippen molar-refractivity contribution in [1.29, 1.82) is 0 Å². The van der Waals surface area contributed by atoms with Gasteiger partial charge in [-0.2, -0.15) is 8.42 Å². The molecule has 0 aliphatic carbocycles. The van der Waals surface area contributed by atoms with Gasteiger partial charge in [-0.15, -0.1) is 0 Å². The first-order valence-corrected chi connectivity index (χ1v) is 5.87. The van der Waals surface area contributed by atoms with Crippen molar-refractivity contribution in [3.63, 3.8) is 0 Å². The molecule has 14 heavy (non-hydrogen) atoms. The maximum Gasteiger partial charge on any atom is 0.264 e. The normalized spacial score (nSPS) is 11.6. The van der Waals surface area contributed by atoms with Gasteiger partial charge < -0.3 is 0 Å². The maximum absolute atomic E-state index is 13.1. The molecule has 6 heteroatoms. The third-order valence-electron chi connectivity index (χ3n) is 1.48. The van der Waals surface area contributed by atoms with Gasteiger partial charge >= 0.3 is 0 Å². The predicted octanol–water partition coefficient (Wildman–Crippen LogP) is 1.96. The molecule has 0 fully saturated rings. The van der Waals surface area contributed by atoms with Crippen LogP contribution >= 0.6 is 11.6 Å². The van der Waals surface area contributed by atoms with E-state index in [1.165, 1.54) is 18.2 Å². The second-order valence-electron chi connectivity index (χ2n) is 2.67. The fraction of sp³-hybridized carbons (Fsp3) is 0.250.